The zero-order valence-corrected chi connectivity index (χ0v) is 12.6. The maximum atomic E-state index is 12.0. The minimum atomic E-state index is -0.0559. The summed E-state index contributed by atoms with van der Waals surface area (Å²) in [6.45, 7) is 3.98. The highest BCUT2D eigenvalue weighted by molar-refractivity contribution is 5.75. The molecule has 112 valence electrons. The fourth-order valence-corrected chi connectivity index (χ4v) is 1.71. The Morgan fingerprint density at radius 3 is 2.86 bits per heavy atom. The maximum Gasteiger partial charge on any atom is 0.246 e. The highest BCUT2D eigenvalue weighted by Gasteiger charge is 2.15. The number of ether oxygens (including phenoxy) is 1. The normalized spacial score (nSPS) is 10.7. The molecule has 1 amide bonds. The Bertz CT molecular complexity index is 623. The van der Waals surface area contributed by atoms with Crippen LogP contribution in [0.2, 0.25) is 0 Å². The standard InChI is InChI=1S/C14H19N5O2/c1-10(2)18(3)13(20)9-19-16-14(15-17-19)11-6-5-7-12(8-11)21-4/h5-8,10H,9H2,1-4H3. The molecule has 7 nitrogen and oxygen atoms in total. The van der Waals surface area contributed by atoms with Gasteiger partial charge in [-0.25, -0.2) is 0 Å². The molecule has 0 fully saturated rings. The van der Waals surface area contributed by atoms with E-state index in [1.54, 1.807) is 19.1 Å². The molecule has 0 saturated heterocycles. The van der Waals surface area contributed by atoms with Crippen molar-refractivity contribution >= 4 is 5.91 Å². The van der Waals surface area contributed by atoms with Crippen LogP contribution in [-0.2, 0) is 11.3 Å². The van der Waals surface area contributed by atoms with Gasteiger partial charge in [0.25, 0.3) is 0 Å². The molecule has 0 N–H and O–H groups in total. The molecule has 1 aromatic heterocycles. The molecule has 0 aliphatic heterocycles. The molecule has 0 bridgehead atoms. The van der Waals surface area contributed by atoms with E-state index in [1.807, 2.05) is 38.1 Å². The number of rotatable bonds is 5. The van der Waals surface area contributed by atoms with Gasteiger partial charge in [0, 0.05) is 18.7 Å². The lowest BCUT2D eigenvalue weighted by Gasteiger charge is -2.20. The molecule has 0 saturated carbocycles. The summed E-state index contributed by atoms with van der Waals surface area (Å²) in [6, 6.07) is 7.52. The van der Waals surface area contributed by atoms with Gasteiger partial charge in [-0.3, -0.25) is 4.79 Å². The van der Waals surface area contributed by atoms with Gasteiger partial charge in [-0.1, -0.05) is 12.1 Å². The van der Waals surface area contributed by atoms with Crippen molar-refractivity contribution in [3.05, 3.63) is 24.3 Å². The van der Waals surface area contributed by atoms with Gasteiger partial charge in [0.05, 0.1) is 7.11 Å². The van der Waals surface area contributed by atoms with E-state index in [0.717, 1.165) is 11.3 Å². The third-order valence-corrected chi connectivity index (χ3v) is 3.23. The lowest BCUT2D eigenvalue weighted by Crippen LogP contribution is -2.36. The van der Waals surface area contributed by atoms with E-state index >= 15 is 0 Å². The van der Waals surface area contributed by atoms with E-state index in [0.29, 0.717) is 5.82 Å². The Labute approximate surface area is 123 Å². The third kappa shape index (κ3) is 3.56. The first-order valence-corrected chi connectivity index (χ1v) is 6.69. The molecular weight excluding hydrogens is 270 g/mol. The second-order valence-electron chi connectivity index (χ2n) is 4.97. The molecule has 0 atom stereocenters. The first kappa shape index (κ1) is 15.0. The number of amides is 1. The number of tetrazole rings is 1. The van der Waals surface area contributed by atoms with Gasteiger partial charge in [0.2, 0.25) is 11.7 Å². The van der Waals surface area contributed by atoms with Gasteiger partial charge in [0.1, 0.15) is 12.3 Å². The minimum absolute atomic E-state index is 0.0559. The fraction of sp³-hybridized carbons (Fsp3) is 0.429. The summed E-state index contributed by atoms with van der Waals surface area (Å²) >= 11 is 0. The Hall–Kier alpha value is -2.44. The van der Waals surface area contributed by atoms with Crippen molar-refractivity contribution in [2.45, 2.75) is 26.4 Å². The SMILES string of the molecule is COc1cccc(-c2nnn(CC(=O)N(C)C(C)C)n2)c1. The Morgan fingerprint density at radius 1 is 1.43 bits per heavy atom. The van der Waals surface area contributed by atoms with Crippen LogP contribution in [0.1, 0.15) is 13.8 Å². The fourth-order valence-electron chi connectivity index (χ4n) is 1.71. The summed E-state index contributed by atoms with van der Waals surface area (Å²) in [4.78, 5) is 14.9. The molecular formula is C14H19N5O2. The average Bonchev–Trinajstić information content (AvgIpc) is 2.94. The molecule has 0 radical (unpaired) electrons. The molecule has 21 heavy (non-hydrogen) atoms. The molecule has 0 aliphatic rings. The van der Waals surface area contributed by atoms with Crippen molar-refractivity contribution in [1.82, 2.24) is 25.1 Å². The monoisotopic (exact) mass is 289 g/mol. The lowest BCUT2D eigenvalue weighted by atomic mass is 10.2. The van der Waals surface area contributed by atoms with E-state index in [2.05, 4.69) is 15.4 Å². The van der Waals surface area contributed by atoms with Crippen LogP contribution < -0.4 is 4.74 Å². The van der Waals surface area contributed by atoms with Crippen molar-refractivity contribution in [2.24, 2.45) is 0 Å². The first-order chi connectivity index (χ1) is 10.0. The molecule has 1 aromatic carbocycles. The summed E-state index contributed by atoms with van der Waals surface area (Å²) in [6.07, 6.45) is 0. The average molecular weight is 289 g/mol. The number of hydrogen-bond donors (Lipinski definition) is 0. The van der Waals surface area contributed by atoms with Crippen molar-refractivity contribution < 1.29 is 9.53 Å². The van der Waals surface area contributed by atoms with Crippen LogP contribution in [0.25, 0.3) is 11.4 Å². The topological polar surface area (TPSA) is 73.1 Å². The van der Waals surface area contributed by atoms with Crippen molar-refractivity contribution in [3.63, 3.8) is 0 Å². The van der Waals surface area contributed by atoms with Gasteiger partial charge in [0.15, 0.2) is 0 Å². The molecule has 0 unspecified atom stereocenters. The summed E-state index contributed by atoms with van der Waals surface area (Å²) < 4.78 is 5.16. The molecule has 7 heteroatoms. The summed E-state index contributed by atoms with van der Waals surface area (Å²) in [7, 11) is 3.36. The molecule has 2 aromatic rings. The van der Waals surface area contributed by atoms with Crippen molar-refractivity contribution in [3.8, 4) is 17.1 Å². The van der Waals surface area contributed by atoms with E-state index in [-0.39, 0.29) is 18.5 Å². The van der Waals surface area contributed by atoms with E-state index < -0.39 is 0 Å². The van der Waals surface area contributed by atoms with Gasteiger partial charge in [-0.05, 0) is 31.2 Å². The molecule has 1 heterocycles. The predicted molar refractivity (Wildman–Crippen MR) is 77.7 cm³/mol. The number of aromatic nitrogens is 4. The Balaban J connectivity index is 2.12. The van der Waals surface area contributed by atoms with Crippen LogP contribution in [0.4, 0.5) is 0 Å². The van der Waals surface area contributed by atoms with Gasteiger partial charge < -0.3 is 9.64 Å². The number of carbonyl (C=O) groups is 1. The second-order valence-corrected chi connectivity index (χ2v) is 4.97. The third-order valence-electron chi connectivity index (χ3n) is 3.23. The molecule has 0 aliphatic carbocycles. The first-order valence-electron chi connectivity index (χ1n) is 6.69. The smallest absolute Gasteiger partial charge is 0.246 e. The maximum absolute atomic E-state index is 12.0. The van der Waals surface area contributed by atoms with E-state index in [4.69, 9.17) is 4.74 Å². The Kier molecular flexibility index (Phi) is 4.52. The number of nitrogens with zero attached hydrogens (tertiary/aromatic N) is 5. The van der Waals surface area contributed by atoms with Crippen LogP contribution >= 0.6 is 0 Å². The van der Waals surface area contributed by atoms with Gasteiger partial charge >= 0.3 is 0 Å². The highest BCUT2D eigenvalue weighted by Crippen LogP contribution is 2.19. The minimum Gasteiger partial charge on any atom is -0.497 e. The van der Waals surface area contributed by atoms with Crippen molar-refractivity contribution in [1.29, 1.82) is 0 Å². The lowest BCUT2D eigenvalue weighted by molar-refractivity contribution is -0.132. The van der Waals surface area contributed by atoms with Gasteiger partial charge in [-0.2, -0.15) is 4.80 Å². The number of likely N-dealkylation sites (N-methyl/N-ethyl adjacent to an activating group) is 1. The van der Waals surface area contributed by atoms with E-state index in [9.17, 15) is 4.79 Å². The number of hydrogen-bond acceptors (Lipinski definition) is 5. The number of benzene rings is 1. The largest absolute Gasteiger partial charge is 0.497 e. The highest BCUT2D eigenvalue weighted by atomic mass is 16.5. The van der Waals surface area contributed by atoms with Crippen LogP contribution in [0.3, 0.4) is 0 Å². The zero-order chi connectivity index (χ0) is 15.4. The number of carbonyl (C=O) groups excluding carboxylic acids is 1. The van der Waals surface area contributed by atoms with Crippen LogP contribution in [-0.4, -0.2) is 51.2 Å². The van der Waals surface area contributed by atoms with Crippen LogP contribution in [0.5, 0.6) is 5.75 Å². The van der Waals surface area contributed by atoms with Crippen LogP contribution in [0, 0.1) is 0 Å². The molecule has 2 rings (SSSR count). The second kappa shape index (κ2) is 6.34. The summed E-state index contributed by atoms with van der Waals surface area (Å²) in [5, 5.41) is 12.1. The predicted octanol–water partition coefficient (Wildman–Crippen LogP) is 1.22. The molecule has 0 spiro atoms. The quantitative estimate of drug-likeness (QED) is 0.827. The van der Waals surface area contributed by atoms with Gasteiger partial charge in [-0.15, -0.1) is 10.2 Å². The number of methoxy groups -OCH3 is 1. The van der Waals surface area contributed by atoms with E-state index in [1.165, 1.54) is 4.80 Å². The summed E-state index contributed by atoms with van der Waals surface area (Å²) in [5.74, 6) is 1.13. The Morgan fingerprint density at radius 2 is 2.19 bits per heavy atom. The summed E-state index contributed by atoms with van der Waals surface area (Å²) in [5.41, 5.74) is 0.797. The van der Waals surface area contributed by atoms with Crippen molar-refractivity contribution in [2.75, 3.05) is 14.2 Å². The zero-order valence-electron chi connectivity index (χ0n) is 12.6. The van der Waals surface area contributed by atoms with Crippen LogP contribution in [0.15, 0.2) is 24.3 Å².